The second kappa shape index (κ2) is 12.5. The summed E-state index contributed by atoms with van der Waals surface area (Å²) in [6.07, 6.45) is 5.34. The van der Waals surface area contributed by atoms with E-state index in [-0.39, 0.29) is 41.5 Å². The lowest BCUT2D eigenvalue weighted by atomic mass is 10.0. The second-order valence-electron chi connectivity index (χ2n) is 9.07. The Hall–Kier alpha value is -4.97. The zero-order valence-corrected chi connectivity index (χ0v) is 22.8. The van der Waals surface area contributed by atoms with E-state index in [1.54, 1.807) is 24.0 Å². The first kappa shape index (κ1) is 29.0. The monoisotopic (exact) mass is 580 g/mol. The molecule has 2 atom stereocenters. The maximum atomic E-state index is 15.2. The normalized spacial score (nSPS) is 12.4. The van der Waals surface area contributed by atoms with Crippen LogP contribution in [0.4, 0.5) is 10.1 Å². The highest BCUT2D eigenvalue weighted by Gasteiger charge is 2.24. The number of halogens is 1. The molecule has 0 bridgehead atoms. The molecule has 1 unspecified atom stereocenters. The number of rotatable bonds is 11. The van der Waals surface area contributed by atoms with Gasteiger partial charge in [-0.3, -0.25) is 13.8 Å². The van der Waals surface area contributed by atoms with E-state index in [1.165, 1.54) is 12.1 Å². The van der Waals surface area contributed by atoms with Crippen molar-refractivity contribution >= 4 is 39.3 Å². The standard InChI is InChI=1S/C26H25FN8O5S/c1-4-8-35(13-16-11-19-22(10-14(16)2)28-15(3)29-24(19)37)17-5-6-18(20(27)12-17)23(36)30-21(25(38)39)7-9-41(40)26-31-33-34-32-26/h1,5-6,10-12,21H,7-9,13H2,2-3H3,(H,30,36)(H,38,39)(H,28,29,37)(H,31,32,33,34)/t21-,41?/m0/s1. The number of terminal acetylenes is 1. The quantitative estimate of drug-likeness (QED) is 0.188. The van der Waals surface area contributed by atoms with E-state index in [9.17, 15) is 23.7 Å². The van der Waals surface area contributed by atoms with Crippen molar-refractivity contribution in [3.8, 4) is 12.3 Å². The van der Waals surface area contributed by atoms with E-state index >= 15 is 4.39 Å². The first-order valence-corrected chi connectivity index (χ1v) is 13.5. The summed E-state index contributed by atoms with van der Waals surface area (Å²) in [5, 5.41) is 24.7. The molecule has 0 aliphatic rings. The van der Waals surface area contributed by atoms with E-state index < -0.39 is 34.5 Å². The molecule has 2 aromatic heterocycles. The van der Waals surface area contributed by atoms with Crippen LogP contribution in [0.25, 0.3) is 10.9 Å². The van der Waals surface area contributed by atoms with E-state index in [2.05, 4.69) is 41.8 Å². The summed E-state index contributed by atoms with van der Waals surface area (Å²) in [6.45, 7) is 3.90. The highest BCUT2D eigenvalue weighted by atomic mass is 32.2. The molecule has 0 saturated heterocycles. The minimum absolute atomic E-state index is 0.101. The van der Waals surface area contributed by atoms with E-state index in [0.29, 0.717) is 22.4 Å². The fourth-order valence-corrected chi connectivity index (χ4v) is 5.03. The molecule has 0 fully saturated rings. The van der Waals surface area contributed by atoms with Crippen LogP contribution in [-0.2, 0) is 22.1 Å². The number of nitrogens with zero attached hydrogens (tertiary/aromatic N) is 5. The molecule has 4 rings (SSSR count). The van der Waals surface area contributed by atoms with Gasteiger partial charge in [0.15, 0.2) is 0 Å². The summed E-state index contributed by atoms with van der Waals surface area (Å²) in [6, 6.07) is 5.92. The number of hydrogen-bond donors (Lipinski definition) is 4. The van der Waals surface area contributed by atoms with Crippen molar-refractivity contribution < 1.29 is 23.3 Å². The average molecular weight is 581 g/mol. The molecule has 0 aliphatic carbocycles. The first-order valence-electron chi connectivity index (χ1n) is 12.2. The largest absolute Gasteiger partial charge is 0.480 e. The minimum Gasteiger partial charge on any atom is -0.480 e. The smallest absolute Gasteiger partial charge is 0.326 e. The number of fused-ring (bicyclic) bond motifs is 1. The number of tetrazole rings is 1. The maximum absolute atomic E-state index is 15.2. The Bertz CT molecular complexity index is 1730. The molecule has 1 amide bonds. The molecular formula is C26H25FN8O5S. The van der Waals surface area contributed by atoms with Gasteiger partial charge in [-0.25, -0.2) is 14.2 Å². The van der Waals surface area contributed by atoms with Gasteiger partial charge in [0.2, 0.25) is 0 Å². The Morgan fingerprint density at radius 3 is 2.71 bits per heavy atom. The number of carbonyl (C=O) groups excluding carboxylic acids is 1. The number of hydrogen-bond acceptors (Lipinski definition) is 9. The third-order valence-electron chi connectivity index (χ3n) is 6.21. The highest BCUT2D eigenvalue weighted by molar-refractivity contribution is 7.84. The number of aryl methyl sites for hydroxylation is 2. The van der Waals surface area contributed by atoms with Crippen LogP contribution in [0.1, 0.15) is 33.7 Å². The molecule has 212 valence electrons. The topological polar surface area (TPSA) is 187 Å². The van der Waals surface area contributed by atoms with Gasteiger partial charge in [0.25, 0.3) is 16.6 Å². The number of aliphatic carboxylic acids is 1. The average Bonchev–Trinajstić information content (AvgIpc) is 3.46. The lowest BCUT2D eigenvalue weighted by molar-refractivity contribution is -0.139. The molecule has 0 spiro atoms. The van der Waals surface area contributed by atoms with Gasteiger partial charge in [-0.15, -0.1) is 11.5 Å². The van der Waals surface area contributed by atoms with Crippen molar-refractivity contribution in [1.29, 1.82) is 0 Å². The molecule has 2 heterocycles. The summed E-state index contributed by atoms with van der Waals surface area (Å²) in [7, 11) is -1.74. The number of anilines is 1. The van der Waals surface area contributed by atoms with Crippen LogP contribution in [0.15, 0.2) is 40.3 Å². The lowest BCUT2D eigenvalue weighted by Crippen LogP contribution is -2.42. The third kappa shape index (κ3) is 6.79. The molecular weight excluding hydrogens is 555 g/mol. The lowest BCUT2D eigenvalue weighted by Gasteiger charge is -2.24. The summed E-state index contributed by atoms with van der Waals surface area (Å²) in [4.78, 5) is 45.6. The number of carboxylic acids is 1. The summed E-state index contributed by atoms with van der Waals surface area (Å²) >= 11 is 0. The number of amides is 1. The number of carboxylic acid groups (broad SMARTS) is 1. The van der Waals surface area contributed by atoms with Crippen molar-refractivity contribution in [2.24, 2.45) is 0 Å². The highest BCUT2D eigenvalue weighted by Crippen LogP contribution is 2.24. The number of aromatic nitrogens is 6. The van der Waals surface area contributed by atoms with Crippen LogP contribution in [0.2, 0.25) is 0 Å². The second-order valence-corrected chi connectivity index (χ2v) is 10.5. The predicted molar refractivity (Wildman–Crippen MR) is 147 cm³/mol. The van der Waals surface area contributed by atoms with Crippen molar-refractivity contribution in [2.75, 3.05) is 17.2 Å². The molecule has 0 aliphatic heterocycles. The van der Waals surface area contributed by atoms with Crippen LogP contribution in [0.5, 0.6) is 0 Å². The molecule has 0 radical (unpaired) electrons. The van der Waals surface area contributed by atoms with Crippen molar-refractivity contribution in [1.82, 2.24) is 35.9 Å². The van der Waals surface area contributed by atoms with E-state index in [4.69, 9.17) is 6.42 Å². The molecule has 0 saturated carbocycles. The summed E-state index contributed by atoms with van der Waals surface area (Å²) in [5.41, 5.74) is 1.90. The van der Waals surface area contributed by atoms with Gasteiger partial charge >= 0.3 is 5.97 Å². The molecule has 2 aromatic carbocycles. The Kier molecular flexibility index (Phi) is 8.83. The Balaban J connectivity index is 1.51. The van der Waals surface area contributed by atoms with Gasteiger partial charge in [-0.2, -0.15) is 5.21 Å². The Morgan fingerprint density at radius 2 is 2.05 bits per heavy atom. The van der Waals surface area contributed by atoms with Gasteiger partial charge in [0.1, 0.15) is 17.7 Å². The van der Waals surface area contributed by atoms with Crippen LogP contribution in [0.3, 0.4) is 0 Å². The van der Waals surface area contributed by atoms with Gasteiger partial charge in [-0.05, 0) is 66.9 Å². The molecule has 41 heavy (non-hydrogen) atoms. The number of nitrogens with one attached hydrogen (secondary N) is 3. The summed E-state index contributed by atoms with van der Waals surface area (Å²) in [5.74, 6) is -0.375. The number of H-pyrrole nitrogens is 2. The zero-order chi connectivity index (χ0) is 29.7. The van der Waals surface area contributed by atoms with Crippen LogP contribution >= 0.6 is 0 Å². The number of benzene rings is 2. The van der Waals surface area contributed by atoms with Gasteiger partial charge in [-0.1, -0.05) is 11.0 Å². The van der Waals surface area contributed by atoms with Crippen LogP contribution in [0, 0.1) is 32.0 Å². The molecule has 13 nitrogen and oxygen atoms in total. The van der Waals surface area contributed by atoms with Crippen molar-refractivity contribution in [3.05, 3.63) is 69.0 Å². The van der Waals surface area contributed by atoms with E-state index in [1.807, 2.05) is 6.92 Å². The van der Waals surface area contributed by atoms with Gasteiger partial charge in [0, 0.05) is 18.0 Å². The molecule has 4 aromatic rings. The molecule has 15 heteroatoms. The van der Waals surface area contributed by atoms with Crippen molar-refractivity contribution in [3.63, 3.8) is 0 Å². The zero-order valence-electron chi connectivity index (χ0n) is 22.0. The van der Waals surface area contributed by atoms with E-state index in [0.717, 1.165) is 17.2 Å². The SMILES string of the molecule is C#CCN(Cc1cc2c(=O)[nH]c(C)nc2cc1C)c1ccc(C(=O)N[C@@H](CCS(=O)c2nn[nH]n2)C(=O)O)c(F)c1. The number of aromatic amines is 2. The number of carbonyl (C=O) groups is 2. The fraction of sp³-hybridized carbons (Fsp3) is 0.269. The predicted octanol–water partition coefficient (Wildman–Crippen LogP) is 1.21. The third-order valence-corrected chi connectivity index (χ3v) is 7.40. The first-order chi connectivity index (χ1) is 19.6. The fourth-order valence-electron chi connectivity index (χ4n) is 4.12. The van der Waals surface area contributed by atoms with Crippen molar-refractivity contribution in [2.45, 2.75) is 38.0 Å². The van der Waals surface area contributed by atoms with Gasteiger partial charge in [0.05, 0.1) is 33.8 Å². The summed E-state index contributed by atoms with van der Waals surface area (Å²) < 4.78 is 27.3. The Labute approximate surface area is 235 Å². The van der Waals surface area contributed by atoms with Crippen LogP contribution < -0.4 is 15.8 Å². The van der Waals surface area contributed by atoms with Gasteiger partial charge < -0.3 is 20.3 Å². The Morgan fingerprint density at radius 1 is 1.27 bits per heavy atom. The van der Waals surface area contributed by atoms with Crippen LogP contribution in [-0.4, -0.2) is 70.1 Å². The maximum Gasteiger partial charge on any atom is 0.326 e. The minimum atomic E-state index is -1.74. The molecule has 4 N–H and O–H groups in total.